The van der Waals surface area contributed by atoms with E-state index < -0.39 is 0 Å². The molecule has 0 aliphatic carbocycles. The molecule has 0 saturated heterocycles. The predicted molar refractivity (Wildman–Crippen MR) is 161 cm³/mol. The van der Waals surface area contributed by atoms with Gasteiger partial charge in [0.25, 0.3) is 0 Å². The van der Waals surface area contributed by atoms with Crippen molar-refractivity contribution in [2.24, 2.45) is 0 Å². The number of aromatic nitrogens is 2. The van der Waals surface area contributed by atoms with E-state index in [1.54, 1.807) is 0 Å². The molecule has 37 heavy (non-hydrogen) atoms. The van der Waals surface area contributed by atoms with E-state index in [4.69, 9.17) is 0 Å². The first-order valence-electron chi connectivity index (χ1n) is 12.6. The largest absolute Gasteiger partial charge is 0.354 e. The zero-order valence-corrected chi connectivity index (χ0v) is 20.6. The summed E-state index contributed by atoms with van der Waals surface area (Å²) in [6.07, 6.45) is 0. The second-order valence-corrected chi connectivity index (χ2v) is 10.9. The van der Waals surface area contributed by atoms with Gasteiger partial charge < -0.3 is 9.55 Å². The monoisotopic (exact) mass is 488 g/mol. The Balaban J connectivity index is 1.46. The molecule has 0 spiro atoms. The highest BCUT2D eigenvalue weighted by atomic mass is 32.1. The molecule has 3 heterocycles. The Morgan fingerprint density at radius 1 is 0.514 bits per heavy atom. The van der Waals surface area contributed by atoms with Crippen LogP contribution in [0, 0.1) is 0 Å². The lowest BCUT2D eigenvalue weighted by Gasteiger charge is -2.07. The minimum Gasteiger partial charge on any atom is -0.354 e. The van der Waals surface area contributed by atoms with Crippen molar-refractivity contribution in [3.8, 4) is 5.69 Å². The Morgan fingerprint density at radius 2 is 1.32 bits per heavy atom. The molecule has 0 fully saturated rings. The van der Waals surface area contributed by atoms with E-state index >= 15 is 0 Å². The van der Waals surface area contributed by atoms with Crippen molar-refractivity contribution in [2.75, 3.05) is 0 Å². The number of rotatable bonds is 1. The molecule has 6 aromatic carbocycles. The van der Waals surface area contributed by atoms with Crippen LogP contribution in [0.3, 0.4) is 0 Å². The molecule has 0 aliphatic heterocycles. The maximum atomic E-state index is 3.76. The van der Waals surface area contributed by atoms with Crippen LogP contribution in [0.5, 0.6) is 0 Å². The third-order valence-electron chi connectivity index (χ3n) is 7.89. The zero-order valence-electron chi connectivity index (χ0n) is 19.8. The first-order valence-corrected chi connectivity index (χ1v) is 13.4. The second-order valence-electron chi connectivity index (χ2n) is 9.85. The Morgan fingerprint density at radius 3 is 2.24 bits per heavy atom. The molecule has 0 amide bonds. The molecule has 9 aromatic rings. The summed E-state index contributed by atoms with van der Waals surface area (Å²) >= 11 is 1.91. The molecule has 172 valence electrons. The van der Waals surface area contributed by atoms with Crippen molar-refractivity contribution in [3.63, 3.8) is 0 Å². The minimum atomic E-state index is 1.18. The first kappa shape index (κ1) is 19.6. The minimum absolute atomic E-state index is 1.18. The second kappa shape index (κ2) is 7.00. The molecule has 3 aromatic heterocycles. The van der Waals surface area contributed by atoms with Crippen LogP contribution in [0.4, 0.5) is 0 Å². The molecule has 0 unspecified atom stereocenters. The Kier molecular flexibility index (Phi) is 3.70. The van der Waals surface area contributed by atoms with E-state index in [-0.39, 0.29) is 0 Å². The third kappa shape index (κ3) is 2.54. The van der Waals surface area contributed by atoms with Gasteiger partial charge in [0.05, 0.1) is 11.0 Å². The van der Waals surface area contributed by atoms with E-state index in [9.17, 15) is 0 Å². The highest BCUT2D eigenvalue weighted by Gasteiger charge is 2.18. The lowest BCUT2D eigenvalue weighted by molar-refractivity contribution is 1.18. The third-order valence-corrected chi connectivity index (χ3v) is 9.08. The Bertz CT molecular complexity index is 2350. The van der Waals surface area contributed by atoms with Crippen LogP contribution >= 0.6 is 11.3 Å². The van der Waals surface area contributed by atoms with Crippen LogP contribution in [0.15, 0.2) is 115 Å². The molecule has 9 rings (SSSR count). The van der Waals surface area contributed by atoms with Crippen LogP contribution in [0.1, 0.15) is 0 Å². The van der Waals surface area contributed by atoms with Gasteiger partial charge in [0.2, 0.25) is 0 Å². The van der Waals surface area contributed by atoms with E-state index in [2.05, 4.69) is 125 Å². The molecule has 2 nitrogen and oxygen atoms in total. The number of thiophene rings is 1. The van der Waals surface area contributed by atoms with Gasteiger partial charge in [0.1, 0.15) is 0 Å². The highest BCUT2D eigenvalue weighted by molar-refractivity contribution is 7.27. The van der Waals surface area contributed by atoms with Crippen molar-refractivity contribution >= 4 is 85.9 Å². The van der Waals surface area contributed by atoms with Gasteiger partial charge in [-0.1, -0.05) is 72.8 Å². The van der Waals surface area contributed by atoms with Crippen molar-refractivity contribution in [1.82, 2.24) is 9.55 Å². The average Bonchev–Trinajstić information content (AvgIpc) is 3.61. The van der Waals surface area contributed by atoms with Gasteiger partial charge in [0.15, 0.2) is 0 Å². The number of hydrogen-bond donors (Lipinski definition) is 1. The maximum absolute atomic E-state index is 3.76. The van der Waals surface area contributed by atoms with Crippen molar-refractivity contribution in [2.45, 2.75) is 0 Å². The smallest absolute Gasteiger partial charge is 0.0562 e. The number of H-pyrrole nitrogens is 1. The van der Waals surface area contributed by atoms with Gasteiger partial charge >= 0.3 is 0 Å². The van der Waals surface area contributed by atoms with Gasteiger partial charge in [-0.05, 0) is 53.2 Å². The van der Waals surface area contributed by atoms with Crippen LogP contribution in [-0.2, 0) is 0 Å². The fourth-order valence-electron chi connectivity index (χ4n) is 6.31. The van der Waals surface area contributed by atoms with E-state index in [0.29, 0.717) is 0 Å². The molecule has 0 saturated carbocycles. The molecule has 0 aliphatic rings. The van der Waals surface area contributed by atoms with E-state index in [1.165, 1.54) is 80.2 Å². The quantitative estimate of drug-likeness (QED) is 0.237. The summed E-state index contributed by atoms with van der Waals surface area (Å²) in [4.78, 5) is 3.76. The molecule has 0 bridgehead atoms. The lowest BCUT2D eigenvalue weighted by Crippen LogP contribution is -1.92. The van der Waals surface area contributed by atoms with Gasteiger partial charge in [0, 0.05) is 58.4 Å². The molecular weight excluding hydrogens is 468 g/mol. The van der Waals surface area contributed by atoms with E-state index in [0.717, 1.165) is 0 Å². The summed E-state index contributed by atoms with van der Waals surface area (Å²) in [5, 5.41) is 10.5. The molecular formula is C34H20N2S. The molecule has 1 N–H and O–H groups in total. The first-order chi connectivity index (χ1) is 18.3. The summed E-state index contributed by atoms with van der Waals surface area (Å²) in [5.41, 5.74) is 6.02. The van der Waals surface area contributed by atoms with Crippen molar-refractivity contribution in [3.05, 3.63) is 115 Å². The number of fused-ring (bicyclic) bond motifs is 12. The van der Waals surface area contributed by atoms with Gasteiger partial charge in [-0.15, -0.1) is 11.3 Å². The summed E-state index contributed by atoms with van der Waals surface area (Å²) in [5.74, 6) is 0. The normalized spacial score (nSPS) is 12.3. The summed E-state index contributed by atoms with van der Waals surface area (Å²) in [6.45, 7) is 0. The SMILES string of the molecule is c1ccc(-n2c3ccccc3c3cc4c(cc32)[nH]c2ccc3c(sc5ccc6ccccc6c53)c24)cc1. The van der Waals surface area contributed by atoms with Crippen molar-refractivity contribution in [1.29, 1.82) is 0 Å². The Labute approximate surface area is 216 Å². The highest BCUT2D eigenvalue weighted by Crippen LogP contribution is 2.45. The maximum Gasteiger partial charge on any atom is 0.0562 e. The fourth-order valence-corrected chi connectivity index (χ4v) is 7.59. The fraction of sp³-hybridized carbons (Fsp3) is 0. The number of aromatic amines is 1. The topological polar surface area (TPSA) is 20.7 Å². The van der Waals surface area contributed by atoms with Crippen LogP contribution in [0.2, 0.25) is 0 Å². The Hall–Kier alpha value is -4.60. The van der Waals surface area contributed by atoms with E-state index in [1.807, 2.05) is 11.3 Å². The van der Waals surface area contributed by atoms with Gasteiger partial charge in [-0.2, -0.15) is 0 Å². The number of hydrogen-bond acceptors (Lipinski definition) is 1. The standard InChI is InChI=1S/C34H20N2S/c1-2-9-21(10-3-1)36-29-13-7-6-12-23(29)25-18-26-28(19-30(25)36)35-27-16-15-24-32-22-11-5-4-8-20(22)14-17-31(32)37-34(24)33(26)27/h1-19,35H. The van der Waals surface area contributed by atoms with Gasteiger partial charge in [-0.25, -0.2) is 0 Å². The lowest BCUT2D eigenvalue weighted by atomic mass is 10.0. The predicted octanol–water partition coefficient (Wildman–Crippen LogP) is 9.94. The number of para-hydroxylation sites is 2. The summed E-state index contributed by atoms with van der Waals surface area (Å²) in [6, 6.07) is 42.0. The van der Waals surface area contributed by atoms with Crippen LogP contribution in [0.25, 0.3) is 80.2 Å². The number of nitrogens with one attached hydrogen (secondary N) is 1. The molecule has 0 radical (unpaired) electrons. The number of nitrogens with zero attached hydrogens (tertiary/aromatic N) is 1. The summed E-state index contributed by atoms with van der Waals surface area (Å²) < 4.78 is 5.09. The molecule has 0 atom stereocenters. The molecule has 3 heteroatoms. The number of benzene rings is 6. The van der Waals surface area contributed by atoms with Crippen molar-refractivity contribution < 1.29 is 0 Å². The average molecular weight is 489 g/mol. The summed E-state index contributed by atoms with van der Waals surface area (Å²) in [7, 11) is 0. The van der Waals surface area contributed by atoms with Crippen LogP contribution < -0.4 is 0 Å². The van der Waals surface area contributed by atoms with Crippen LogP contribution in [-0.4, -0.2) is 9.55 Å². The van der Waals surface area contributed by atoms with Gasteiger partial charge in [-0.3, -0.25) is 0 Å². The zero-order chi connectivity index (χ0) is 24.1.